The van der Waals surface area contributed by atoms with Crippen molar-refractivity contribution >= 4 is 17.4 Å². The molecule has 2 rings (SSSR count). The van der Waals surface area contributed by atoms with E-state index in [1.54, 1.807) is 6.20 Å². The third-order valence-corrected chi connectivity index (χ3v) is 2.83. The first kappa shape index (κ1) is 11.4. The van der Waals surface area contributed by atoms with Crippen LogP contribution in [-0.2, 0) is 4.74 Å². The van der Waals surface area contributed by atoms with Gasteiger partial charge < -0.3 is 14.6 Å². The minimum atomic E-state index is -0.176. The second kappa shape index (κ2) is 4.84. The van der Waals surface area contributed by atoms with Crippen LogP contribution in [-0.4, -0.2) is 41.1 Å². The lowest BCUT2D eigenvalue weighted by molar-refractivity contribution is -0.00365. The first-order chi connectivity index (χ1) is 7.70. The van der Waals surface area contributed by atoms with Gasteiger partial charge in [0.15, 0.2) is 5.82 Å². The zero-order valence-electron chi connectivity index (χ0n) is 9.02. The third-order valence-electron chi connectivity index (χ3n) is 2.49. The van der Waals surface area contributed by atoms with E-state index in [0.29, 0.717) is 24.8 Å². The van der Waals surface area contributed by atoms with Crippen molar-refractivity contribution in [3.05, 3.63) is 22.7 Å². The quantitative estimate of drug-likeness (QED) is 0.773. The fourth-order valence-electron chi connectivity index (χ4n) is 1.87. The molecule has 0 bridgehead atoms. The summed E-state index contributed by atoms with van der Waals surface area (Å²) < 4.78 is 5.61. The number of alkyl halides is 1. The van der Waals surface area contributed by atoms with Gasteiger partial charge in [0.2, 0.25) is 0 Å². The molecule has 1 saturated heterocycles. The van der Waals surface area contributed by atoms with Crippen LogP contribution in [0.4, 0.5) is 5.82 Å². The average Bonchev–Trinajstić information content (AvgIpc) is 2.28. The largest absolute Gasteiger partial charge is 0.370 e. The Morgan fingerprint density at radius 1 is 1.69 bits per heavy atom. The van der Waals surface area contributed by atoms with Gasteiger partial charge in [-0.25, -0.2) is 4.98 Å². The van der Waals surface area contributed by atoms with Gasteiger partial charge in [-0.1, -0.05) is 0 Å². The molecule has 0 saturated carbocycles. The van der Waals surface area contributed by atoms with Crippen LogP contribution < -0.4 is 10.5 Å². The van der Waals surface area contributed by atoms with Gasteiger partial charge in [0.05, 0.1) is 18.1 Å². The molecule has 0 spiro atoms. The standard InChI is InChI=1S/C10H14ClN3O2/c1-7-5-14(6-8(4-11)16-7)9-10(15)13-3-2-12-9/h2-3,7-8H,4-6H2,1H3,(H,13,15). The minimum Gasteiger partial charge on any atom is -0.370 e. The number of hydrogen-bond donors (Lipinski definition) is 1. The summed E-state index contributed by atoms with van der Waals surface area (Å²) in [5.74, 6) is 0.860. The van der Waals surface area contributed by atoms with Crippen LogP contribution in [0, 0.1) is 0 Å². The van der Waals surface area contributed by atoms with Crippen LogP contribution in [0.3, 0.4) is 0 Å². The summed E-state index contributed by atoms with van der Waals surface area (Å²) in [6, 6.07) is 0. The van der Waals surface area contributed by atoms with Crippen LogP contribution in [0.5, 0.6) is 0 Å². The molecular weight excluding hydrogens is 230 g/mol. The Morgan fingerprint density at radius 2 is 2.50 bits per heavy atom. The number of hydrogen-bond acceptors (Lipinski definition) is 4. The zero-order chi connectivity index (χ0) is 11.5. The summed E-state index contributed by atoms with van der Waals surface area (Å²) in [4.78, 5) is 20.2. The molecule has 1 aliphatic rings. The van der Waals surface area contributed by atoms with E-state index >= 15 is 0 Å². The second-order valence-corrected chi connectivity index (χ2v) is 4.18. The van der Waals surface area contributed by atoms with Crippen molar-refractivity contribution < 1.29 is 4.74 Å². The van der Waals surface area contributed by atoms with Gasteiger partial charge in [-0.15, -0.1) is 11.6 Å². The summed E-state index contributed by atoms with van der Waals surface area (Å²) in [5.41, 5.74) is -0.176. The summed E-state index contributed by atoms with van der Waals surface area (Å²) >= 11 is 5.78. The normalized spacial score (nSPS) is 25.8. The fraction of sp³-hybridized carbons (Fsp3) is 0.600. The lowest BCUT2D eigenvalue weighted by Gasteiger charge is -2.36. The highest BCUT2D eigenvalue weighted by Crippen LogP contribution is 2.15. The van der Waals surface area contributed by atoms with Gasteiger partial charge in [0.1, 0.15) is 0 Å². The van der Waals surface area contributed by atoms with E-state index < -0.39 is 0 Å². The number of H-pyrrole nitrogens is 1. The molecular formula is C10H14ClN3O2. The predicted octanol–water partition coefficient (Wildman–Crippen LogP) is 0.602. The number of nitrogens with zero attached hydrogens (tertiary/aromatic N) is 2. The van der Waals surface area contributed by atoms with E-state index in [0.717, 1.165) is 0 Å². The summed E-state index contributed by atoms with van der Waals surface area (Å²) in [5, 5.41) is 0. The van der Waals surface area contributed by atoms with Gasteiger partial charge in [-0.2, -0.15) is 0 Å². The molecule has 88 valence electrons. The zero-order valence-corrected chi connectivity index (χ0v) is 9.78. The van der Waals surface area contributed by atoms with E-state index in [1.807, 2.05) is 11.8 Å². The Labute approximate surface area is 98.4 Å². The molecule has 6 heteroatoms. The fourth-order valence-corrected chi connectivity index (χ4v) is 2.04. The highest BCUT2D eigenvalue weighted by molar-refractivity contribution is 6.18. The third kappa shape index (κ3) is 2.36. The smallest absolute Gasteiger partial charge is 0.290 e. The lowest BCUT2D eigenvalue weighted by atomic mass is 10.2. The molecule has 0 aliphatic carbocycles. The van der Waals surface area contributed by atoms with Crippen molar-refractivity contribution in [3.8, 4) is 0 Å². The molecule has 1 fully saturated rings. The van der Waals surface area contributed by atoms with Gasteiger partial charge in [0, 0.05) is 25.5 Å². The molecule has 1 aliphatic heterocycles. The number of nitrogens with one attached hydrogen (secondary N) is 1. The van der Waals surface area contributed by atoms with Crippen LogP contribution in [0.15, 0.2) is 17.2 Å². The Morgan fingerprint density at radius 3 is 3.19 bits per heavy atom. The first-order valence-electron chi connectivity index (χ1n) is 5.20. The molecule has 2 heterocycles. The summed E-state index contributed by atoms with van der Waals surface area (Å²) in [6.45, 7) is 3.23. The average molecular weight is 244 g/mol. The van der Waals surface area contributed by atoms with Gasteiger partial charge in [0.25, 0.3) is 5.56 Å². The Kier molecular flexibility index (Phi) is 3.46. The van der Waals surface area contributed by atoms with Gasteiger partial charge >= 0.3 is 0 Å². The van der Waals surface area contributed by atoms with Crippen LogP contribution in [0.25, 0.3) is 0 Å². The first-order valence-corrected chi connectivity index (χ1v) is 5.74. The Hall–Kier alpha value is -1.07. The lowest BCUT2D eigenvalue weighted by Crippen LogP contribution is -2.49. The highest BCUT2D eigenvalue weighted by atomic mass is 35.5. The van der Waals surface area contributed by atoms with E-state index in [-0.39, 0.29) is 17.8 Å². The van der Waals surface area contributed by atoms with E-state index in [1.165, 1.54) is 6.20 Å². The number of ether oxygens (including phenoxy) is 1. The van der Waals surface area contributed by atoms with Gasteiger partial charge in [-0.05, 0) is 6.92 Å². The summed E-state index contributed by atoms with van der Waals surface area (Å²) in [7, 11) is 0. The van der Waals surface area contributed by atoms with Gasteiger partial charge in [-0.3, -0.25) is 4.79 Å². The van der Waals surface area contributed by atoms with E-state index in [2.05, 4.69) is 9.97 Å². The van der Waals surface area contributed by atoms with E-state index in [9.17, 15) is 4.79 Å². The van der Waals surface area contributed by atoms with Crippen molar-refractivity contribution in [1.82, 2.24) is 9.97 Å². The maximum Gasteiger partial charge on any atom is 0.290 e. The molecule has 1 N–H and O–H groups in total. The van der Waals surface area contributed by atoms with E-state index in [4.69, 9.17) is 16.3 Å². The van der Waals surface area contributed by atoms with Crippen molar-refractivity contribution in [1.29, 1.82) is 0 Å². The predicted molar refractivity (Wildman–Crippen MR) is 62.1 cm³/mol. The molecule has 5 nitrogen and oxygen atoms in total. The maximum absolute atomic E-state index is 11.6. The second-order valence-electron chi connectivity index (χ2n) is 3.87. The summed E-state index contributed by atoms with van der Waals surface area (Å²) in [6.07, 6.45) is 3.10. The monoisotopic (exact) mass is 243 g/mol. The highest BCUT2D eigenvalue weighted by Gasteiger charge is 2.26. The molecule has 1 aromatic rings. The number of anilines is 1. The Bertz CT molecular complexity index is 409. The maximum atomic E-state index is 11.6. The minimum absolute atomic E-state index is 0.0492. The Balaban J connectivity index is 2.21. The van der Waals surface area contributed by atoms with Crippen molar-refractivity contribution in [2.24, 2.45) is 0 Å². The number of morpholine rings is 1. The molecule has 16 heavy (non-hydrogen) atoms. The SMILES string of the molecule is CC1CN(c2ncc[nH]c2=O)CC(CCl)O1. The van der Waals surface area contributed by atoms with Crippen LogP contribution >= 0.6 is 11.6 Å². The molecule has 0 amide bonds. The van der Waals surface area contributed by atoms with Crippen LogP contribution in [0.1, 0.15) is 6.92 Å². The van der Waals surface area contributed by atoms with Crippen molar-refractivity contribution in [3.63, 3.8) is 0 Å². The molecule has 0 radical (unpaired) electrons. The number of halogens is 1. The van der Waals surface area contributed by atoms with Crippen molar-refractivity contribution in [2.75, 3.05) is 23.9 Å². The number of aromatic nitrogens is 2. The van der Waals surface area contributed by atoms with Crippen molar-refractivity contribution in [2.45, 2.75) is 19.1 Å². The number of rotatable bonds is 2. The molecule has 2 unspecified atom stereocenters. The number of aromatic amines is 1. The topological polar surface area (TPSA) is 58.2 Å². The van der Waals surface area contributed by atoms with Crippen LogP contribution in [0.2, 0.25) is 0 Å². The molecule has 1 aromatic heterocycles. The molecule has 2 atom stereocenters. The molecule has 0 aromatic carbocycles.